The number of aromatic carboxylic acids is 1. The molecule has 0 aliphatic rings. The second-order valence-corrected chi connectivity index (χ2v) is 5.99. The molecule has 8 nitrogen and oxygen atoms in total. The number of carbonyl (C=O) groups excluding carboxylic acids is 1. The average Bonchev–Trinajstić information content (AvgIpc) is 2.58. The fourth-order valence-corrected chi connectivity index (χ4v) is 2.80. The number of hydrogen-bond donors (Lipinski definition) is 4. The summed E-state index contributed by atoms with van der Waals surface area (Å²) in [6.07, 6.45) is 0. The molecule has 0 saturated heterocycles. The Morgan fingerprint density at radius 2 is 1.52 bits per heavy atom. The minimum atomic E-state index is -1.30. The Hall–Kier alpha value is -3.26. The molecule has 0 bridgehead atoms. The summed E-state index contributed by atoms with van der Waals surface area (Å²) >= 11 is 0. The molecule has 0 spiro atoms. The van der Waals surface area contributed by atoms with Crippen LogP contribution >= 0.6 is 0 Å². The van der Waals surface area contributed by atoms with Crippen LogP contribution in [0, 0.1) is 20.8 Å². The molecule has 144 valence electrons. The van der Waals surface area contributed by atoms with Crippen LogP contribution in [0.1, 0.15) is 43.0 Å². The van der Waals surface area contributed by atoms with Crippen molar-refractivity contribution in [3.05, 3.63) is 45.5 Å². The van der Waals surface area contributed by atoms with Crippen molar-refractivity contribution in [1.82, 2.24) is 0 Å². The van der Waals surface area contributed by atoms with Gasteiger partial charge in [-0.15, -0.1) is 0 Å². The van der Waals surface area contributed by atoms with Gasteiger partial charge < -0.3 is 29.9 Å². The molecule has 0 aromatic heterocycles. The van der Waals surface area contributed by atoms with Crippen molar-refractivity contribution in [2.24, 2.45) is 0 Å². The fourth-order valence-electron chi connectivity index (χ4n) is 2.80. The van der Waals surface area contributed by atoms with Gasteiger partial charge in [0.05, 0.1) is 19.3 Å². The highest BCUT2D eigenvalue weighted by Gasteiger charge is 2.25. The van der Waals surface area contributed by atoms with Crippen LogP contribution in [0.15, 0.2) is 12.1 Å². The number of hydrogen-bond acceptors (Lipinski definition) is 7. The third-order valence-corrected chi connectivity index (χ3v) is 4.26. The lowest BCUT2D eigenvalue weighted by Gasteiger charge is -2.16. The van der Waals surface area contributed by atoms with Gasteiger partial charge >= 0.3 is 11.9 Å². The van der Waals surface area contributed by atoms with Crippen LogP contribution in [0.3, 0.4) is 0 Å². The SMILES string of the molecule is COc1cc(C)c(C(=O)Oc2cc(C)c(C(=O)O)c(O)c2C)c(O)c1CO. The molecule has 0 saturated carbocycles. The minimum Gasteiger partial charge on any atom is -0.507 e. The van der Waals surface area contributed by atoms with E-state index in [0.717, 1.165) is 0 Å². The number of aliphatic hydroxyl groups is 1. The van der Waals surface area contributed by atoms with Gasteiger partial charge in [-0.2, -0.15) is 0 Å². The first kappa shape index (κ1) is 20.1. The topological polar surface area (TPSA) is 134 Å². The number of carbonyl (C=O) groups is 2. The van der Waals surface area contributed by atoms with Crippen LogP contribution < -0.4 is 9.47 Å². The van der Waals surface area contributed by atoms with Crippen LogP contribution in [0.4, 0.5) is 0 Å². The molecule has 0 heterocycles. The summed E-state index contributed by atoms with van der Waals surface area (Å²) in [5.74, 6) is -3.02. The molecule has 0 atom stereocenters. The van der Waals surface area contributed by atoms with Crippen molar-refractivity contribution in [2.75, 3.05) is 7.11 Å². The first-order valence-electron chi connectivity index (χ1n) is 7.92. The Kier molecular flexibility index (Phi) is 5.61. The van der Waals surface area contributed by atoms with Gasteiger partial charge in [-0.05, 0) is 44.0 Å². The zero-order valence-electron chi connectivity index (χ0n) is 15.3. The largest absolute Gasteiger partial charge is 0.507 e. The molecular weight excluding hydrogens is 356 g/mol. The highest BCUT2D eigenvalue weighted by atomic mass is 16.5. The van der Waals surface area contributed by atoms with E-state index in [2.05, 4.69) is 0 Å². The molecule has 0 aliphatic carbocycles. The number of aryl methyl sites for hydroxylation is 2. The zero-order chi connectivity index (χ0) is 20.5. The van der Waals surface area contributed by atoms with E-state index >= 15 is 0 Å². The first-order valence-corrected chi connectivity index (χ1v) is 7.92. The molecule has 4 N–H and O–H groups in total. The first-order chi connectivity index (χ1) is 12.6. The highest BCUT2D eigenvalue weighted by Crippen LogP contribution is 2.37. The average molecular weight is 376 g/mol. The van der Waals surface area contributed by atoms with Gasteiger partial charge in [-0.3, -0.25) is 0 Å². The number of carboxylic acid groups (broad SMARTS) is 1. The summed E-state index contributed by atoms with van der Waals surface area (Å²) < 4.78 is 10.4. The Bertz CT molecular complexity index is 930. The van der Waals surface area contributed by atoms with Crippen molar-refractivity contribution in [1.29, 1.82) is 0 Å². The lowest BCUT2D eigenvalue weighted by molar-refractivity contribution is 0.0692. The number of carboxylic acids is 1. The summed E-state index contributed by atoms with van der Waals surface area (Å²) in [7, 11) is 1.37. The molecule has 0 amide bonds. The van der Waals surface area contributed by atoms with Crippen molar-refractivity contribution >= 4 is 11.9 Å². The quantitative estimate of drug-likeness (QED) is 0.462. The molecule has 8 heteroatoms. The number of phenols is 2. The summed E-state index contributed by atoms with van der Waals surface area (Å²) in [5.41, 5.74) is 0.218. The van der Waals surface area contributed by atoms with Crippen molar-refractivity contribution in [3.63, 3.8) is 0 Å². The predicted molar refractivity (Wildman–Crippen MR) is 94.8 cm³/mol. The second kappa shape index (κ2) is 7.55. The molecule has 0 unspecified atom stereocenters. The van der Waals surface area contributed by atoms with E-state index in [9.17, 15) is 24.9 Å². The van der Waals surface area contributed by atoms with Crippen molar-refractivity contribution in [3.8, 4) is 23.0 Å². The number of rotatable bonds is 5. The van der Waals surface area contributed by atoms with Gasteiger partial charge in [-0.25, -0.2) is 9.59 Å². The van der Waals surface area contributed by atoms with E-state index in [1.165, 1.54) is 33.1 Å². The van der Waals surface area contributed by atoms with E-state index in [0.29, 0.717) is 5.56 Å². The lowest BCUT2D eigenvalue weighted by atomic mass is 10.0. The molecule has 0 fully saturated rings. The number of esters is 1. The molecule has 2 aromatic carbocycles. The van der Waals surface area contributed by atoms with Crippen LogP contribution in [0.5, 0.6) is 23.0 Å². The maximum atomic E-state index is 12.6. The number of methoxy groups -OCH3 is 1. The van der Waals surface area contributed by atoms with Gasteiger partial charge in [0.1, 0.15) is 34.1 Å². The summed E-state index contributed by atoms with van der Waals surface area (Å²) in [5, 5.41) is 39.1. The van der Waals surface area contributed by atoms with Gasteiger partial charge in [0.25, 0.3) is 0 Å². The molecule has 2 aromatic rings. The van der Waals surface area contributed by atoms with Crippen LogP contribution in [0.2, 0.25) is 0 Å². The van der Waals surface area contributed by atoms with Crippen LogP contribution in [0.25, 0.3) is 0 Å². The standard InChI is InChI=1S/C19H20O8/c1-8-5-12(10(3)16(21)14(8)18(23)24)27-19(25)15-9(2)6-13(26-4)11(7-20)17(15)22/h5-6,20-22H,7H2,1-4H3,(H,23,24). The maximum Gasteiger partial charge on any atom is 0.347 e. The van der Waals surface area contributed by atoms with Crippen molar-refractivity contribution < 1.29 is 39.5 Å². The smallest absolute Gasteiger partial charge is 0.347 e. The third kappa shape index (κ3) is 3.52. The summed E-state index contributed by atoms with van der Waals surface area (Å²) in [4.78, 5) is 23.8. The Morgan fingerprint density at radius 3 is 2.04 bits per heavy atom. The van der Waals surface area contributed by atoms with Gasteiger partial charge in [-0.1, -0.05) is 0 Å². The van der Waals surface area contributed by atoms with E-state index < -0.39 is 30.0 Å². The van der Waals surface area contributed by atoms with E-state index in [-0.39, 0.29) is 39.3 Å². The van der Waals surface area contributed by atoms with Gasteiger partial charge in [0.2, 0.25) is 0 Å². The van der Waals surface area contributed by atoms with E-state index in [1.54, 1.807) is 6.92 Å². The van der Waals surface area contributed by atoms with Crippen LogP contribution in [-0.2, 0) is 6.61 Å². The Balaban J connectivity index is 2.52. The van der Waals surface area contributed by atoms with Crippen molar-refractivity contribution in [2.45, 2.75) is 27.4 Å². The second-order valence-electron chi connectivity index (χ2n) is 5.99. The Morgan fingerprint density at radius 1 is 0.963 bits per heavy atom. The summed E-state index contributed by atoms with van der Waals surface area (Å²) in [6.45, 7) is 3.87. The Labute approximate surface area is 155 Å². The van der Waals surface area contributed by atoms with E-state index in [1.807, 2.05) is 0 Å². The predicted octanol–water partition coefficient (Wildman–Crippen LogP) is 2.44. The molecular formula is C19H20O8. The monoisotopic (exact) mass is 376 g/mol. The maximum absolute atomic E-state index is 12.6. The van der Waals surface area contributed by atoms with Gasteiger partial charge in [0, 0.05) is 5.56 Å². The third-order valence-electron chi connectivity index (χ3n) is 4.26. The molecule has 0 aliphatic heterocycles. The number of aromatic hydroxyl groups is 2. The number of aliphatic hydroxyl groups excluding tert-OH is 1. The molecule has 0 radical (unpaired) electrons. The van der Waals surface area contributed by atoms with E-state index in [4.69, 9.17) is 14.6 Å². The zero-order valence-corrected chi connectivity index (χ0v) is 15.3. The van der Waals surface area contributed by atoms with Gasteiger partial charge in [0.15, 0.2) is 0 Å². The van der Waals surface area contributed by atoms with Crippen LogP contribution in [-0.4, -0.2) is 39.5 Å². The number of ether oxygens (including phenoxy) is 2. The summed E-state index contributed by atoms with van der Waals surface area (Å²) in [6, 6.07) is 2.80. The minimum absolute atomic E-state index is 0.0343. The number of benzene rings is 2. The lowest BCUT2D eigenvalue weighted by Crippen LogP contribution is -2.14. The highest BCUT2D eigenvalue weighted by molar-refractivity contribution is 5.97. The molecule has 2 rings (SSSR count). The normalized spacial score (nSPS) is 10.6. The fraction of sp³-hybridized carbons (Fsp3) is 0.263. The molecule has 27 heavy (non-hydrogen) atoms.